The molecule has 0 aliphatic heterocycles. The van der Waals surface area contributed by atoms with E-state index in [0.717, 1.165) is 11.5 Å². The number of hydrogen-bond acceptors (Lipinski definition) is 3. The van der Waals surface area contributed by atoms with Gasteiger partial charge < -0.3 is 4.52 Å². The van der Waals surface area contributed by atoms with Gasteiger partial charge in [-0.1, -0.05) is 11.6 Å². The molecule has 1 saturated carbocycles. The molecule has 0 atom stereocenters. The summed E-state index contributed by atoms with van der Waals surface area (Å²) in [5, 5.41) is 3.89. The van der Waals surface area contributed by atoms with Gasteiger partial charge in [0.2, 0.25) is 0 Å². The lowest BCUT2D eigenvalue weighted by atomic mass is 9.83. The number of aromatic nitrogens is 1. The standard InChI is InChI=1S/C8H11NOS/c11-5-7-4-8(10-9-7)6-2-1-3-6/h4,6,11H,1-3,5H2. The third-order valence-corrected chi connectivity index (χ3v) is 2.57. The molecule has 2 rings (SSSR count). The average molecular weight is 169 g/mol. The van der Waals surface area contributed by atoms with Crippen molar-refractivity contribution < 1.29 is 4.52 Å². The summed E-state index contributed by atoms with van der Waals surface area (Å²) in [4.78, 5) is 0. The quantitative estimate of drug-likeness (QED) is 0.688. The van der Waals surface area contributed by atoms with Gasteiger partial charge in [0.25, 0.3) is 0 Å². The first-order valence-corrected chi connectivity index (χ1v) is 4.60. The molecular weight excluding hydrogens is 158 g/mol. The maximum atomic E-state index is 5.16. The fraction of sp³-hybridized carbons (Fsp3) is 0.625. The van der Waals surface area contributed by atoms with Crippen molar-refractivity contribution in [3.8, 4) is 0 Å². The summed E-state index contributed by atoms with van der Waals surface area (Å²) in [5.74, 6) is 2.38. The van der Waals surface area contributed by atoms with Crippen LogP contribution in [0.1, 0.15) is 36.6 Å². The van der Waals surface area contributed by atoms with Crippen molar-refractivity contribution in [2.45, 2.75) is 30.9 Å². The Morgan fingerprint density at radius 1 is 1.64 bits per heavy atom. The smallest absolute Gasteiger partial charge is 0.140 e. The fourth-order valence-electron chi connectivity index (χ4n) is 1.29. The van der Waals surface area contributed by atoms with Crippen molar-refractivity contribution in [3.63, 3.8) is 0 Å². The summed E-state index contributed by atoms with van der Waals surface area (Å²) >= 11 is 4.12. The van der Waals surface area contributed by atoms with E-state index in [1.54, 1.807) is 0 Å². The molecule has 1 aliphatic carbocycles. The second-order valence-corrected chi connectivity index (χ2v) is 3.32. The highest BCUT2D eigenvalue weighted by Crippen LogP contribution is 2.36. The SMILES string of the molecule is SCc1cc(C2CCC2)on1. The number of hydrogen-bond donors (Lipinski definition) is 1. The Bertz CT molecular complexity index is 242. The van der Waals surface area contributed by atoms with Crippen LogP contribution in [0.5, 0.6) is 0 Å². The first-order chi connectivity index (χ1) is 5.40. The lowest BCUT2D eigenvalue weighted by Crippen LogP contribution is -2.07. The molecule has 0 radical (unpaired) electrons. The second-order valence-electron chi connectivity index (χ2n) is 3.01. The third kappa shape index (κ3) is 1.29. The summed E-state index contributed by atoms with van der Waals surface area (Å²) in [6.07, 6.45) is 3.87. The molecule has 2 nitrogen and oxygen atoms in total. The Hall–Kier alpha value is -0.440. The van der Waals surface area contributed by atoms with Crippen molar-refractivity contribution >= 4 is 12.6 Å². The summed E-state index contributed by atoms with van der Waals surface area (Å²) < 4.78 is 5.16. The van der Waals surface area contributed by atoms with Crippen LogP contribution in [0.3, 0.4) is 0 Å². The van der Waals surface area contributed by atoms with Gasteiger partial charge in [0.1, 0.15) is 5.76 Å². The lowest BCUT2D eigenvalue weighted by molar-refractivity contribution is 0.299. The first-order valence-electron chi connectivity index (χ1n) is 3.96. The van der Waals surface area contributed by atoms with Gasteiger partial charge in [0.15, 0.2) is 0 Å². The van der Waals surface area contributed by atoms with E-state index >= 15 is 0 Å². The zero-order valence-electron chi connectivity index (χ0n) is 6.29. The third-order valence-electron chi connectivity index (χ3n) is 2.25. The van der Waals surface area contributed by atoms with Crippen LogP contribution in [0.2, 0.25) is 0 Å². The fourth-order valence-corrected chi connectivity index (χ4v) is 1.44. The molecule has 0 saturated heterocycles. The molecule has 0 spiro atoms. The van der Waals surface area contributed by atoms with Gasteiger partial charge in [-0.15, -0.1) is 0 Å². The molecule has 0 N–H and O–H groups in total. The largest absolute Gasteiger partial charge is 0.361 e. The molecule has 60 valence electrons. The Balaban J connectivity index is 2.11. The number of rotatable bonds is 2. The molecule has 0 aromatic carbocycles. The zero-order valence-corrected chi connectivity index (χ0v) is 7.18. The van der Waals surface area contributed by atoms with Gasteiger partial charge in [-0.2, -0.15) is 12.6 Å². The summed E-state index contributed by atoms with van der Waals surface area (Å²) in [5.41, 5.74) is 0.954. The van der Waals surface area contributed by atoms with Gasteiger partial charge >= 0.3 is 0 Å². The van der Waals surface area contributed by atoms with Crippen LogP contribution in [0.4, 0.5) is 0 Å². The van der Waals surface area contributed by atoms with Gasteiger partial charge in [-0.3, -0.25) is 0 Å². The highest BCUT2D eigenvalue weighted by molar-refractivity contribution is 7.79. The summed E-state index contributed by atoms with van der Waals surface area (Å²) in [7, 11) is 0. The van der Waals surface area contributed by atoms with Crippen molar-refractivity contribution in [1.29, 1.82) is 0 Å². The predicted molar refractivity (Wildman–Crippen MR) is 45.8 cm³/mol. The van der Waals surface area contributed by atoms with E-state index < -0.39 is 0 Å². The van der Waals surface area contributed by atoms with Gasteiger partial charge in [-0.25, -0.2) is 0 Å². The van der Waals surface area contributed by atoms with E-state index in [4.69, 9.17) is 4.52 Å². The van der Waals surface area contributed by atoms with E-state index in [0.29, 0.717) is 11.7 Å². The Morgan fingerprint density at radius 3 is 2.91 bits per heavy atom. The molecule has 1 fully saturated rings. The van der Waals surface area contributed by atoms with Crippen LogP contribution >= 0.6 is 12.6 Å². The monoisotopic (exact) mass is 169 g/mol. The number of nitrogens with zero attached hydrogens (tertiary/aromatic N) is 1. The molecular formula is C8H11NOS. The Labute approximate surface area is 71.4 Å². The van der Waals surface area contributed by atoms with E-state index in [1.165, 1.54) is 19.3 Å². The van der Waals surface area contributed by atoms with Gasteiger partial charge in [0, 0.05) is 17.7 Å². The number of thiol groups is 1. The van der Waals surface area contributed by atoms with Crippen LogP contribution in [0.15, 0.2) is 10.6 Å². The van der Waals surface area contributed by atoms with Gasteiger partial charge in [-0.05, 0) is 12.8 Å². The maximum absolute atomic E-state index is 5.16. The van der Waals surface area contributed by atoms with Crippen LogP contribution < -0.4 is 0 Å². The molecule has 0 amide bonds. The van der Waals surface area contributed by atoms with E-state index in [9.17, 15) is 0 Å². The normalized spacial score (nSPS) is 18.3. The van der Waals surface area contributed by atoms with Crippen LogP contribution in [0.25, 0.3) is 0 Å². The molecule has 3 heteroatoms. The Morgan fingerprint density at radius 2 is 2.45 bits per heavy atom. The minimum absolute atomic E-state index is 0.649. The summed E-state index contributed by atoms with van der Waals surface area (Å²) in [6.45, 7) is 0. The second kappa shape index (κ2) is 2.89. The minimum atomic E-state index is 0.649. The predicted octanol–water partition coefficient (Wildman–Crippen LogP) is 2.37. The zero-order chi connectivity index (χ0) is 7.68. The Kier molecular flexibility index (Phi) is 1.90. The van der Waals surface area contributed by atoms with Crippen LogP contribution in [-0.4, -0.2) is 5.16 Å². The first kappa shape index (κ1) is 7.22. The summed E-state index contributed by atoms with van der Waals surface area (Å²) in [6, 6.07) is 2.02. The van der Waals surface area contributed by atoms with Crippen LogP contribution in [0, 0.1) is 0 Å². The van der Waals surface area contributed by atoms with Crippen molar-refractivity contribution in [2.24, 2.45) is 0 Å². The molecule has 1 aromatic rings. The van der Waals surface area contributed by atoms with Crippen molar-refractivity contribution in [3.05, 3.63) is 17.5 Å². The average Bonchev–Trinajstić information content (AvgIpc) is 2.32. The molecule has 1 aromatic heterocycles. The van der Waals surface area contributed by atoms with Crippen molar-refractivity contribution in [2.75, 3.05) is 0 Å². The van der Waals surface area contributed by atoms with Crippen LogP contribution in [-0.2, 0) is 5.75 Å². The van der Waals surface area contributed by atoms with E-state index in [2.05, 4.69) is 17.8 Å². The molecule has 1 aliphatic rings. The lowest BCUT2D eigenvalue weighted by Gasteiger charge is -2.21. The highest BCUT2D eigenvalue weighted by Gasteiger charge is 2.23. The molecule has 0 bridgehead atoms. The van der Waals surface area contributed by atoms with Gasteiger partial charge in [0.05, 0.1) is 5.69 Å². The van der Waals surface area contributed by atoms with E-state index in [1.807, 2.05) is 6.07 Å². The minimum Gasteiger partial charge on any atom is -0.361 e. The molecule has 0 unspecified atom stereocenters. The van der Waals surface area contributed by atoms with E-state index in [-0.39, 0.29) is 0 Å². The maximum Gasteiger partial charge on any atom is 0.140 e. The molecule has 11 heavy (non-hydrogen) atoms. The topological polar surface area (TPSA) is 26.0 Å². The van der Waals surface area contributed by atoms with Crippen molar-refractivity contribution in [1.82, 2.24) is 5.16 Å². The highest BCUT2D eigenvalue weighted by atomic mass is 32.1. The molecule has 1 heterocycles.